The molecule has 6 heteroatoms. The van der Waals surface area contributed by atoms with Crippen LogP contribution in [0.5, 0.6) is 5.75 Å². The van der Waals surface area contributed by atoms with Crippen LogP contribution >= 0.6 is 0 Å². The first-order valence-electron chi connectivity index (χ1n) is 9.41. The number of nitrogens with zero attached hydrogens (tertiary/aromatic N) is 2. The number of methoxy groups -OCH3 is 1. The Bertz CT molecular complexity index is 825. The summed E-state index contributed by atoms with van der Waals surface area (Å²) in [6, 6.07) is 17.0. The second kappa shape index (κ2) is 8.89. The quantitative estimate of drug-likeness (QED) is 0.830. The van der Waals surface area contributed by atoms with Crippen LogP contribution < -0.4 is 10.1 Å². The first-order chi connectivity index (χ1) is 13.5. The number of likely N-dealkylation sites (N-methyl/N-ethyl adjacent to an activating group) is 2. The maximum absolute atomic E-state index is 12.7. The van der Waals surface area contributed by atoms with Gasteiger partial charge >= 0.3 is 0 Å². The number of carbonyl (C=O) groups excluding carboxylic acids is 2. The van der Waals surface area contributed by atoms with Crippen molar-refractivity contribution < 1.29 is 14.3 Å². The standard InChI is InChI=1S/C22H27N3O3/c1-24-15-18(25(2)21(22(24)27)17-9-5-4-6-10-17)14-23-20(26)13-16-8-7-11-19(12-16)28-3/h4-12,18,21H,13-15H2,1-3H3,(H,23,26)/t18-,21+/m1/s1. The van der Waals surface area contributed by atoms with Gasteiger partial charge in [0, 0.05) is 26.2 Å². The largest absolute Gasteiger partial charge is 0.497 e. The van der Waals surface area contributed by atoms with Crippen molar-refractivity contribution in [3.8, 4) is 5.75 Å². The maximum atomic E-state index is 12.7. The maximum Gasteiger partial charge on any atom is 0.244 e. The van der Waals surface area contributed by atoms with Gasteiger partial charge < -0.3 is 15.0 Å². The molecule has 1 heterocycles. The van der Waals surface area contributed by atoms with Crippen LogP contribution in [0.3, 0.4) is 0 Å². The van der Waals surface area contributed by atoms with Gasteiger partial charge in [0.1, 0.15) is 11.8 Å². The average molecular weight is 381 g/mol. The lowest BCUT2D eigenvalue weighted by atomic mass is 9.99. The van der Waals surface area contributed by atoms with E-state index in [4.69, 9.17) is 4.74 Å². The monoisotopic (exact) mass is 381 g/mol. The Morgan fingerprint density at radius 2 is 1.89 bits per heavy atom. The Balaban J connectivity index is 1.63. The molecule has 1 fully saturated rings. The van der Waals surface area contributed by atoms with Gasteiger partial charge in [0.2, 0.25) is 11.8 Å². The van der Waals surface area contributed by atoms with Crippen LogP contribution in [0.1, 0.15) is 17.2 Å². The van der Waals surface area contributed by atoms with Crippen LogP contribution in [0.25, 0.3) is 0 Å². The summed E-state index contributed by atoms with van der Waals surface area (Å²) in [5, 5.41) is 3.02. The molecular weight excluding hydrogens is 354 g/mol. The Kier molecular flexibility index (Phi) is 6.31. The first kappa shape index (κ1) is 19.9. The Labute approximate surface area is 166 Å². The minimum absolute atomic E-state index is 0.0437. The van der Waals surface area contributed by atoms with Crippen LogP contribution in [-0.4, -0.2) is 62.0 Å². The van der Waals surface area contributed by atoms with E-state index >= 15 is 0 Å². The molecule has 0 radical (unpaired) electrons. The lowest BCUT2D eigenvalue weighted by Gasteiger charge is -2.43. The fourth-order valence-electron chi connectivity index (χ4n) is 3.61. The van der Waals surface area contributed by atoms with E-state index in [1.807, 2.05) is 68.7 Å². The topological polar surface area (TPSA) is 61.9 Å². The Morgan fingerprint density at radius 3 is 2.61 bits per heavy atom. The van der Waals surface area contributed by atoms with Gasteiger partial charge in [-0.3, -0.25) is 14.5 Å². The third-order valence-corrected chi connectivity index (χ3v) is 5.23. The normalized spacial score (nSPS) is 20.1. The smallest absolute Gasteiger partial charge is 0.244 e. The van der Waals surface area contributed by atoms with Crippen molar-refractivity contribution >= 4 is 11.8 Å². The van der Waals surface area contributed by atoms with Gasteiger partial charge in [-0.05, 0) is 30.3 Å². The molecule has 1 aliphatic rings. The van der Waals surface area contributed by atoms with E-state index in [1.165, 1.54) is 0 Å². The summed E-state index contributed by atoms with van der Waals surface area (Å²) in [5.74, 6) is 0.772. The van der Waals surface area contributed by atoms with Crippen LogP contribution in [0.15, 0.2) is 54.6 Å². The van der Waals surface area contributed by atoms with Gasteiger partial charge in [-0.1, -0.05) is 42.5 Å². The molecule has 0 aliphatic carbocycles. The molecular formula is C22H27N3O3. The number of amides is 2. The second-order valence-corrected chi connectivity index (χ2v) is 7.18. The fraction of sp³-hybridized carbons (Fsp3) is 0.364. The van der Waals surface area contributed by atoms with Crippen molar-refractivity contribution in [2.24, 2.45) is 0 Å². The van der Waals surface area contributed by atoms with Gasteiger partial charge in [-0.15, -0.1) is 0 Å². The number of ether oxygens (including phenoxy) is 1. The van der Waals surface area contributed by atoms with Gasteiger partial charge in [0.05, 0.1) is 13.5 Å². The molecule has 0 aromatic heterocycles. The zero-order valence-corrected chi connectivity index (χ0v) is 16.6. The molecule has 28 heavy (non-hydrogen) atoms. The highest BCUT2D eigenvalue weighted by atomic mass is 16.5. The van der Waals surface area contributed by atoms with Crippen molar-refractivity contribution in [3.05, 3.63) is 65.7 Å². The van der Waals surface area contributed by atoms with Gasteiger partial charge in [-0.25, -0.2) is 0 Å². The van der Waals surface area contributed by atoms with Gasteiger partial charge in [0.25, 0.3) is 0 Å². The van der Waals surface area contributed by atoms with Crippen LogP contribution in [0.2, 0.25) is 0 Å². The number of rotatable bonds is 6. The van der Waals surface area contributed by atoms with E-state index in [0.29, 0.717) is 19.5 Å². The van der Waals surface area contributed by atoms with Crippen molar-refractivity contribution in [1.82, 2.24) is 15.1 Å². The van der Waals surface area contributed by atoms with Crippen molar-refractivity contribution in [3.63, 3.8) is 0 Å². The van der Waals surface area contributed by atoms with Crippen LogP contribution in [0, 0.1) is 0 Å². The molecule has 1 N–H and O–H groups in total. The number of hydrogen-bond acceptors (Lipinski definition) is 4. The van der Waals surface area contributed by atoms with E-state index in [1.54, 1.807) is 12.0 Å². The molecule has 0 unspecified atom stereocenters. The molecule has 2 aromatic rings. The first-order valence-corrected chi connectivity index (χ1v) is 9.41. The van der Waals surface area contributed by atoms with Gasteiger partial charge in [0.15, 0.2) is 0 Å². The molecule has 1 aliphatic heterocycles. The molecule has 1 saturated heterocycles. The molecule has 6 nitrogen and oxygen atoms in total. The molecule has 0 spiro atoms. The van der Waals surface area contributed by atoms with E-state index < -0.39 is 0 Å². The molecule has 2 aromatic carbocycles. The molecule has 148 valence electrons. The molecule has 2 amide bonds. The Hall–Kier alpha value is -2.86. The summed E-state index contributed by atoms with van der Waals surface area (Å²) in [7, 11) is 5.37. The average Bonchev–Trinajstić information content (AvgIpc) is 2.71. The zero-order valence-electron chi connectivity index (χ0n) is 16.6. The summed E-state index contributed by atoms with van der Waals surface area (Å²) >= 11 is 0. The van der Waals surface area contributed by atoms with E-state index in [-0.39, 0.29) is 23.9 Å². The van der Waals surface area contributed by atoms with Crippen LogP contribution in [0.4, 0.5) is 0 Å². The third-order valence-electron chi connectivity index (χ3n) is 5.23. The molecule has 2 atom stereocenters. The Morgan fingerprint density at radius 1 is 1.14 bits per heavy atom. The summed E-state index contributed by atoms with van der Waals surface area (Å²) in [6.45, 7) is 1.07. The lowest BCUT2D eigenvalue weighted by molar-refractivity contribution is -0.142. The molecule has 0 bridgehead atoms. The highest BCUT2D eigenvalue weighted by molar-refractivity contribution is 5.84. The predicted octanol–water partition coefficient (Wildman–Crippen LogP) is 1.87. The number of nitrogens with one attached hydrogen (secondary N) is 1. The van der Waals surface area contributed by atoms with Crippen LogP contribution in [-0.2, 0) is 16.0 Å². The zero-order chi connectivity index (χ0) is 20.1. The van der Waals surface area contributed by atoms with Crippen molar-refractivity contribution in [1.29, 1.82) is 0 Å². The van der Waals surface area contributed by atoms with Crippen molar-refractivity contribution in [2.45, 2.75) is 18.5 Å². The molecule has 0 saturated carbocycles. The number of piperazine rings is 1. The van der Waals surface area contributed by atoms with Crippen molar-refractivity contribution in [2.75, 3.05) is 34.3 Å². The lowest BCUT2D eigenvalue weighted by Crippen LogP contribution is -2.58. The third kappa shape index (κ3) is 4.51. The van der Waals surface area contributed by atoms with E-state index in [9.17, 15) is 9.59 Å². The van der Waals surface area contributed by atoms with E-state index in [2.05, 4.69) is 10.2 Å². The number of hydrogen-bond donors (Lipinski definition) is 1. The number of carbonyl (C=O) groups is 2. The predicted molar refractivity (Wildman–Crippen MR) is 108 cm³/mol. The fourth-order valence-corrected chi connectivity index (χ4v) is 3.61. The van der Waals surface area contributed by atoms with E-state index in [0.717, 1.165) is 16.9 Å². The summed E-state index contributed by atoms with van der Waals surface area (Å²) in [5.41, 5.74) is 1.87. The summed E-state index contributed by atoms with van der Waals surface area (Å²) < 4.78 is 5.21. The highest BCUT2D eigenvalue weighted by Gasteiger charge is 2.37. The minimum atomic E-state index is -0.333. The number of benzene rings is 2. The summed E-state index contributed by atoms with van der Waals surface area (Å²) in [6.07, 6.45) is 0.296. The van der Waals surface area contributed by atoms with Gasteiger partial charge in [-0.2, -0.15) is 0 Å². The second-order valence-electron chi connectivity index (χ2n) is 7.18. The SMILES string of the molecule is COc1cccc(CC(=O)NC[C@@H]2CN(C)C(=O)[C@H](c3ccccc3)N2C)c1. The highest BCUT2D eigenvalue weighted by Crippen LogP contribution is 2.27. The minimum Gasteiger partial charge on any atom is -0.497 e. The molecule has 3 rings (SSSR count). The summed E-state index contributed by atoms with van der Waals surface area (Å²) in [4.78, 5) is 28.9.